The lowest BCUT2D eigenvalue weighted by molar-refractivity contribution is -0.138. The molecule has 154 valence electrons. The molecule has 3 heterocycles. The molecule has 6 nitrogen and oxygen atoms in total. The smallest absolute Gasteiger partial charge is 0.248 e. The highest BCUT2D eigenvalue weighted by Crippen LogP contribution is 2.51. The summed E-state index contributed by atoms with van der Waals surface area (Å²) in [5.41, 5.74) is 3.31. The highest BCUT2D eigenvalue weighted by Gasteiger charge is 2.60. The van der Waals surface area contributed by atoms with Crippen LogP contribution >= 0.6 is 11.3 Å². The molecule has 0 unspecified atom stereocenters. The first-order chi connectivity index (χ1) is 14.0. The molecule has 2 amide bonds. The van der Waals surface area contributed by atoms with Crippen LogP contribution in [0, 0.1) is 12.3 Å². The Balaban J connectivity index is 1.55. The largest absolute Gasteiger partial charge is 0.387 e. The number of nitrogens with zero attached hydrogens (tertiary/aromatic N) is 2. The van der Waals surface area contributed by atoms with Crippen molar-refractivity contribution in [1.82, 2.24) is 15.2 Å². The lowest BCUT2D eigenvalue weighted by Crippen LogP contribution is -2.51. The monoisotopic (exact) mass is 413 g/mol. The van der Waals surface area contributed by atoms with E-state index in [0.717, 1.165) is 30.5 Å². The summed E-state index contributed by atoms with van der Waals surface area (Å²) >= 11 is 1.61. The summed E-state index contributed by atoms with van der Waals surface area (Å²) in [7, 11) is 0. The Labute approximate surface area is 175 Å². The molecule has 29 heavy (non-hydrogen) atoms. The zero-order valence-corrected chi connectivity index (χ0v) is 17.5. The molecule has 2 aliphatic rings. The molecule has 0 spiro atoms. The van der Waals surface area contributed by atoms with Gasteiger partial charge in [-0.15, -0.1) is 11.3 Å². The third kappa shape index (κ3) is 3.69. The van der Waals surface area contributed by atoms with E-state index in [1.165, 1.54) is 4.88 Å². The van der Waals surface area contributed by atoms with Crippen molar-refractivity contribution in [3.8, 4) is 0 Å². The molecule has 2 saturated heterocycles. The van der Waals surface area contributed by atoms with Gasteiger partial charge in [0.15, 0.2) is 0 Å². The van der Waals surface area contributed by atoms with Crippen molar-refractivity contribution < 1.29 is 14.7 Å². The Bertz CT molecular complexity index is 884. The Morgan fingerprint density at radius 3 is 2.79 bits per heavy atom. The first kappa shape index (κ1) is 20.0. The van der Waals surface area contributed by atoms with Gasteiger partial charge in [0.1, 0.15) is 6.61 Å². The van der Waals surface area contributed by atoms with E-state index in [2.05, 4.69) is 10.3 Å². The number of aliphatic hydroxyl groups is 1. The van der Waals surface area contributed by atoms with Crippen LogP contribution < -0.4 is 5.32 Å². The van der Waals surface area contributed by atoms with Crippen molar-refractivity contribution >= 4 is 23.2 Å². The molecule has 2 aromatic rings. The second-order valence-electron chi connectivity index (χ2n) is 8.10. The fourth-order valence-corrected chi connectivity index (χ4v) is 5.93. The van der Waals surface area contributed by atoms with Crippen molar-refractivity contribution in [3.63, 3.8) is 0 Å². The van der Waals surface area contributed by atoms with Crippen LogP contribution in [0.1, 0.15) is 35.4 Å². The number of aryl methyl sites for hydroxylation is 1. The number of nitrogens with one attached hydrogen (secondary N) is 1. The van der Waals surface area contributed by atoms with Gasteiger partial charge >= 0.3 is 0 Å². The van der Waals surface area contributed by atoms with Crippen LogP contribution in [0.25, 0.3) is 0 Å². The summed E-state index contributed by atoms with van der Waals surface area (Å²) in [6.45, 7) is 2.04. The topological polar surface area (TPSA) is 82.5 Å². The molecule has 0 saturated carbocycles. The number of rotatable bonds is 7. The lowest BCUT2D eigenvalue weighted by Gasteiger charge is -2.36. The van der Waals surface area contributed by atoms with Crippen molar-refractivity contribution in [2.45, 2.75) is 51.1 Å². The summed E-state index contributed by atoms with van der Waals surface area (Å²) in [4.78, 5) is 33.1. The maximum absolute atomic E-state index is 13.5. The number of amides is 2. The van der Waals surface area contributed by atoms with Gasteiger partial charge in [-0.3, -0.25) is 9.59 Å². The molecule has 7 heteroatoms. The molecule has 0 aliphatic carbocycles. The van der Waals surface area contributed by atoms with Crippen LogP contribution in [0.5, 0.6) is 0 Å². The van der Waals surface area contributed by atoms with Gasteiger partial charge in [0.05, 0.1) is 16.6 Å². The number of carbonyl (C=O) groups excluding carboxylic acids is 2. The van der Waals surface area contributed by atoms with Gasteiger partial charge in [-0.1, -0.05) is 30.3 Å². The second-order valence-corrected chi connectivity index (χ2v) is 9.03. The summed E-state index contributed by atoms with van der Waals surface area (Å²) < 4.78 is 0. The first-order valence-electron chi connectivity index (χ1n) is 10.2. The average Bonchev–Trinajstić information content (AvgIpc) is 3.42. The minimum atomic E-state index is -0.641. The molecule has 0 radical (unpaired) electrons. The summed E-state index contributed by atoms with van der Waals surface area (Å²) in [5.74, 6) is -0.244. The number of aliphatic hydroxyl groups excluding tert-OH is 1. The number of aromatic nitrogens is 1. The SMILES string of the molecule is Cc1ncsc1CCNC(=O)[C@@]1(Cc2ccccc2)C[C@H]2CC[C@@H]1N2C(=O)CO. The van der Waals surface area contributed by atoms with Crippen LogP contribution in [-0.2, 0) is 22.4 Å². The molecule has 1 aromatic heterocycles. The Morgan fingerprint density at radius 2 is 2.10 bits per heavy atom. The molecule has 1 aromatic carbocycles. The molecule has 2 fully saturated rings. The zero-order valence-electron chi connectivity index (χ0n) is 16.6. The van der Waals surface area contributed by atoms with Crippen molar-refractivity contribution in [2.75, 3.05) is 13.2 Å². The molecule has 2 N–H and O–H groups in total. The normalized spacial score (nSPS) is 25.4. The van der Waals surface area contributed by atoms with Crippen molar-refractivity contribution in [2.24, 2.45) is 5.41 Å². The zero-order chi connectivity index (χ0) is 20.4. The van der Waals surface area contributed by atoms with Gasteiger partial charge < -0.3 is 15.3 Å². The van der Waals surface area contributed by atoms with Gasteiger partial charge in [-0.2, -0.15) is 0 Å². The predicted molar refractivity (Wildman–Crippen MR) is 112 cm³/mol. The third-order valence-electron chi connectivity index (χ3n) is 6.46. The van der Waals surface area contributed by atoms with Gasteiger partial charge in [-0.25, -0.2) is 4.98 Å². The minimum Gasteiger partial charge on any atom is -0.387 e. The van der Waals surface area contributed by atoms with Gasteiger partial charge in [-0.05, 0) is 38.2 Å². The lowest BCUT2D eigenvalue weighted by atomic mass is 9.69. The highest BCUT2D eigenvalue weighted by atomic mass is 32.1. The Hall–Kier alpha value is -2.25. The van der Waals surface area contributed by atoms with Crippen molar-refractivity contribution in [1.29, 1.82) is 0 Å². The third-order valence-corrected chi connectivity index (χ3v) is 7.46. The van der Waals surface area contributed by atoms with E-state index in [9.17, 15) is 14.7 Å². The maximum Gasteiger partial charge on any atom is 0.248 e. The molecular formula is C22H27N3O3S. The fraction of sp³-hybridized carbons (Fsp3) is 0.500. The number of fused-ring (bicyclic) bond motifs is 2. The number of carbonyl (C=O) groups is 2. The van der Waals surface area contributed by atoms with Crippen LogP contribution in [-0.4, -0.2) is 52.0 Å². The molecule has 2 bridgehead atoms. The first-order valence-corrected chi connectivity index (χ1v) is 11.1. The van der Waals surface area contributed by atoms with Gasteiger partial charge in [0, 0.05) is 29.9 Å². The number of hydrogen-bond acceptors (Lipinski definition) is 5. The fourth-order valence-electron chi connectivity index (χ4n) is 5.15. The van der Waals surface area contributed by atoms with E-state index in [-0.39, 0.29) is 23.9 Å². The number of hydrogen-bond donors (Lipinski definition) is 2. The second kappa shape index (κ2) is 8.24. The van der Waals surface area contributed by atoms with Gasteiger partial charge in [0.2, 0.25) is 11.8 Å². The van der Waals surface area contributed by atoms with Gasteiger partial charge in [0.25, 0.3) is 0 Å². The van der Waals surface area contributed by atoms with Crippen LogP contribution in [0.15, 0.2) is 35.8 Å². The van der Waals surface area contributed by atoms with E-state index in [0.29, 0.717) is 19.4 Å². The molecule has 4 rings (SSSR count). The summed E-state index contributed by atoms with van der Waals surface area (Å²) in [6, 6.07) is 9.90. The van der Waals surface area contributed by atoms with E-state index in [4.69, 9.17) is 0 Å². The molecule has 2 aliphatic heterocycles. The van der Waals surface area contributed by atoms with E-state index < -0.39 is 12.0 Å². The average molecular weight is 414 g/mol. The summed E-state index contributed by atoms with van der Waals surface area (Å²) in [5, 5.41) is 12.6. The minimum absolute atomic E-state index is 0.0199. The van der Waals surface area contributed by atoms with E-state index >= 15 is 0 Å². The van der Waals surface area contributed by atoms with Crippen LogP contribution in [0.3, 0.4) is 0 Å². The highest BCUT2D eigenvalue weighted by molar-refractivity contribution is 7.09. The summed E-state index contributed by atoms with van der Waals surface area (Å²) in [6.07, 6.45) is 3.74. The van der Waals surface area contributed by atoms with Crippen LogP contribution in [0.4, 0.5) is 0 Å². The van der Waals surface area contributed by atoms with E-state index in [1.807, 2.05) is 42.8 Å². The number of benzene rings is 1. The Morgan fingerprint density at radius 1 is 1.31 bits per heavy atom. The predicted octanol–water partition coefficient (Wildman–Crippen LogP) is 2.09. The van der Waals surface area contributed by atoms with Crippen molar-refractivity contribution in [3.05, 3.63) is 52.0 Å². The maximum atomic E-state index is 13.5. The molecule has 3 atom stereocenters. The Kier molecular flexibility index (Phi) is 5.69. The number of thiazole rings is 1. The standard InChI is InChI=1S/C22H27N3O3S/c1-15-18(29-14-24-15)9-10-23-21(28)22(11-16-5-3-2-4-6-16)12-17-7-8-19(22)25(17)20(27)13-26/h2-6,14,17,19,26H,7-13H2,1H3,(H,23,28)/t17-,19+,22+/m1/s1. The quantitative estimate of drug-likeness (QED) is 0.728. The van der Waals surface area contributed by atoms with E-state index in [1.54, 1.807) is 16.2 Å². The molecular weight excluding hydrogens is 386 g/mol. The van der Waals surface area contributed by atoms with Crippen LogP contribution in [0.2, 0.25) is 0 Å².